The minimum absolute atomic E-state index is 0.857. The summed E-state index contributed by atoms with van der Waals surface area (Å²) in [4.78, 5) is 2.40. The summed E-state index contributed by atoms with van der Waals surface area (Å²) >= 11 is 0. The van der Waals surface area contributed by atoms with E-state index in [1.807, 2.05) is 12.1 Å². The Bertz CT molecular complexity index is 2750. The first-order chi connectivity index (χ1) is 24.3. The predicted octanol–water partition coefficient (Wildman–Crippen LogP) is 13.4. The Hall–Kier alpha value is -6.58. The molecule has 0 radical (unpaired) electrons. The molecule has 0 bridgehead atoms. The van der Waals surface area contributed by atoms with Gasteiger partial charge in [0, 0.05) is 38.4 Å². The third-order valence-electron chi connectivity index (χ3n) is 9.67. The van der Waals surface area contributed by atoms with Crippen molar-refractivity contribution in [1.82, 2.24) is 0 Å². The Morgan fingerprint density at radius 3 is 1.41 bits per heavy atom. The first-order valence-electron chi connectivity index (χ1n) is 16.6. The summed E-state index contributed by atoms with van der Waals surface area (Å²) in [6.07, 6.45) is 0. The Morgan fingerprint density at radius 1 is 0.327 bits per heavy atom. The zero-order chi connectivity index (χ0) is 32.3. The van der Waals surface area contributed by atoms with Gasteiger partial charge in [-0.1, -0.05) is 115 Å². The van der Waals surface area contributed by atoms with Crippen LogP contribution in [-0.2, 0) is 0 Å². The number of rotatable bonds is 5. The minimum Gasteiger partial charge on any atom is -0.456 e. The molecule has 2 heterocycles. The zero-order valence-electron chi connectivity index (χ0n) is 26.5. The lowest BCUT2D eigenvalue weighted by Crippen LogP contribution is -2.12. The van der Waals surface area contributed by atoms with Crippen LogP contribution in [0.3, 0.4) is 0 Å². The van der Waals surface area contributed by atoms with Crippen molar-refractivity contribution in [3.05, 3.63) is 176 Å². The average Bonchev–Trinajstić information content (AvgIpc) is 3.75. The molecule has 3 nitrogen and oxygen atoms in total. The number of para-hydroxylation sites is 3. The Kier molecular flexibility index (Phi) is 6.18. The van der Waals surface area contributed by atoms with Gasteiger partial charge in [0.1, 0.15) is 22.3 Å². The van der Waals surface area contributed by atoms with Gasteiger partial charge in [-0.2, -0.15) is 0 Å². The number of benzene rings is 8. The van der Waals surface area contributed by atoms with Crippen LogP contribution in [0.2, 0.25) is 0 Å². The highest BCUT2D eigenvalue weighted by Gasteiger charge is 2.22. The maximum atomic E-state index is 6.53. The van der Waals surface area contributed by atoms with Crippen molar-refractivity contribution in [2.45, 2.75) is 0 Å². The number of anilines is 3. The standard InChI is InChI=1S/C46H29NO2/c1-3-13-30(14-4-1)33-17-7-10-20-39(33)47(40-21-11-8-18-34(40)31-15-5-2-6-16-31)32-23-26-42-38(29-32)46-36-25-27-43-45(35(36)24-28-44(46)49-42)37-19-9-12-22-41(37)48-43/h1-29H. The van der Waals surface area contributed by atoms with E-state index in [0.29, 0.717) is 0 Å². The van der Waals surface area contributed by atoms with Crippen molar-refractivity contribution in [3.63, 3.8) is 0 Å². The van der Waals surface area contributed by atoms with Gasteiger partial charge in [0.15, 0.2) is 0 Å². The lowest BCUT2D eigenvalue weighted by atomic mass is 9.98. The van der Waals surface area contributed by atoms with Gasteiger partial charge in [-0.15, -0.1) is 0 Å². The molecule has 10 aromatic rings. The summed E-state index contributed by atoms with van der Waals surface area (Å²) in [7, 11) is 0. The molecule has 3 heteroatoms. The van der Waals surface area contributed by atoms with Crippen LogP contribution in [0.1, 0.15) is 0 Å². The average molecular weight is 628 g/mol. The summed E-state index contributed by atoms with van der Waals surface area (Å²) in [5.41, 5.74) is 11.4. The fourth-order valence-corrected chi connectivity index (χ4v) is 7.50. The summed E-state index contributed by atoms with van der Waals surface area (Å²) in [6.45, 7) is 0. The number of fused-ring (bicyclic) bond motifs is 9. The second-order valence-corrected chi connectivity index (χ2v) is 12.5. The largest absolute Gasteiger partial charge is 0.456 e. The maximum absolute atomic E-state index is 6.53. The summed E-state index contributed by atoms with van der Waals surface area (Å²) in [5.74, 6) is 0. The lowest BCUT2D eigenvalue weighted by molar-refractivity contribution is 0.668. The van der Waals surface area contributed by atoms with E-state index in [4.69, 9.17) is 8.83 Å². The van der Waals surface area contributed by atoms with Crippen molar-refractivity contribution in [2.75, 3.05) is 4.90 Å². The SMILES string of the molecule is c1ccc(-c2ccccc2N(c2ccc3oc4ccc5c(ccc6oc7ccccc7c65)c4c3c2)c2ccccc2-c2ccccc2)cc1. The molecule has 0 saturated carbocycles. The van der Waals surface area contributed by atoms with Gasteiger partial charge in [0.2, 0.25) is 0 Å². The van der Waals surface area contributed by atoms with Crippen LogP contribution < -0.4 is 4.90 Å². The third kappa shape index (κ3) is 4.37. The van der Waals surface area contributed by atoms with Gasteiger partial charge in [-0.3, -0.25) is 0 Å². The first-order valence-corrected chi connectivity index (χ1v) is 16.6. The molecule has 0 atom stereocenters. The smallest absolute Gasteiger partial charge is 0.136 e. The van der Waals surface area contributed by atoms with E-state index in [1.54, 1.807) is 0 Å². The topological polar surface area (TPSA) is 29.5 Å². The van der Waals surface area contributed by atoms with Crippen LogP contribution in [0.25, 0.3) is 76.9 Å². The minimum atomic E-state index is 0.857. The van der Waals surface area contributed by atoms with E-state index >= 15 is 0 Å². The summed E-state index contributed by atoms with van der Waals surface area (Å²) in [6, 6.07) is 62.0. The van der Waals surface area contributed by atoms with Crippen LogP contribution >= 0.6 is 0 Å². The lowest BCUT2D eigenvalue weighted by Gasteiger charge is -2.30. The van der Waals surface area contributed by atoms with E-state index in [-0.39, 0.29) is 0 Å². The van der Waals surface area contributed by atoms with E-state index < -0.39 is 0 Å². The molecule has 0 aliphatic rings. The molecule has 10 rings (SSSR count). The maximum Gasteiger partial charge on any atom is 0.136 e. The second kappa shape index (κ2) is 11.0. The van der Waals surface area contributed by atoms with Gasteiger partial charge in [0.05, 0.1) is 11.4 Å². The van der Waals surface area contributed by atoms with Gasteiger partial charge >= 0.3 is 0 Å². The monoisotopic (exact) mass is 627 g/mol. The number of hydrogen-bond acceptors (Lipinski definition) is 3. The molecule has 49 heavy (non-hydrogen) atoms. The predicted molar refractivity (Wildman–Crippen MR) is 204 cm³/mol. The zero-order valence-corrected chi connectivity index (χ0v) is 26.5. The van der Waals surface area contributed by atoms with Crippen LogP contribution in [0.5, 0.6) is 0 Å². The molecule has 8 aromatic carbocycles. The van der Waals surface area contributed by atoms with Crippen molar-refractivity contribution in [2.24, 2.45) is 0 Å². The number of nitrogens with zero attached hydrogens (tertiary/aromatic N) is 1. The molecule has 0 spiro atoms. The van der Waals surface area contributed by atoms with Crippen LogP contribution in [-0.4, -0.2) is 0 Å². The fourth-order valence-electron chi connectivity index (χ4n) is 7.50. The first kappa shape index (κ1) is 27.5. The van der Waals surface area contributed by atoms with Gasteiger partial charge < -0.3 is 13.7 Å². The highest BCUT2D eigenvalue weighted by atomic mass is 16.3. The van der Waals surface area contributed by atoms with Crippen molar-refractivity contribution in [1.29, 1.82) is 0 Å². The molecule has 0 N–H and O–H groups in total. The van der Waals surface area contributed by atoms with Crippen LogP contribution in [0.4, 0.5) is 17.1 Å². The van der Waals surface area contributed by atoms with E-state index in [9.17, 15) is 0 Å². The van der Waals surface area contributed by atoms with Gasteiger partial charge in [-0.05, 0) is 82.6 Å². The molecule has 0 fully saturated rings. The van der Waals surface area contributed by atoms with E-state index in [0.717, 1.165) is 94.0 Å². The van der Waals surface area contributed by atoms with Crippen molar-refractivity contribution >= 4 is 71.7 Å². The van der Waals surface area contributed by atoms with Gasteiger partial charge in [-0.25, -0.2) is 0 Å². The molecule has 0 saturated heterocycles. The number of furan rings is 2. The van der Waals surface area contributed by atoms with E-state index in [1.165, 1.54) is 0 Å². The molecule has 2 aromatic heterocycles. The van der Waals surface area contributed by atoms with Crippen molar-refractivity contribution < 1.29 is 8.83 Å². The highest BCUT2D eigenvalue weighted by Crippen LogP contribution is 2.47. The molecule has 0 amide bonds. The normalized spacial score (nSPS) is 11.7. The van der Waals surface area contributed by atoms with Gasteiger partial charge in [0.25, 0.3) is 0 Å². The summed E-state index contributed by atoms with van der Waals surface area (Å²) in [5, 5.41) is 6.74. The van der Waals surface area contributed by atoms with E-state index in [2.05, 4.69) is 169 Å². The Morgan fingerprint density at radius 2 is 0.796 bits per heavy atom. The van der Waals surface area contributed by atoms with Crippen LogP contribution in [0.15, 0.2) is 185 Å². The fraction of sp³-hybridized carbons (Fsp3) is 0. The second-order valence-electron chi connectivity index (χ2n) is 12.5. The third-order valence-corrected chi connectivity index (χ3v) is 9.67. The Labute approximate surface area is 282 Å². The quantitative estimate of drug-likeness (QED) is 0.190. The molecule has 230 valence electrons. The van der Waals surface area contributed by atoms with Crippen LogP contribution in [0, 0.1) is 0 Å². The molecule has 0 aliphatic carbocycles. The molecular formula is C46H29NO2. The molecule has 0 unspecified atom stereocenters. The Balaban J connectivity index is 1.27. The highest BCUT2D eigenvalue weighted by molar-refractivity contribution is 6.27. The van der Waals surface area contributed by atoms with Crippen molar-refractivity contribution in [3.8, 4) is 22.3 Å². The number of hydrogen-bond donors (Lipinski definition) is 0. The molecule has 0 aliphatic heterocycles. The summed E-state index contributed by atoms with van der Waals surface area (Å²) < 4.78 is 12.8. The molecular weight excluding hydrogens is 599 g/mol.